The maximum Gasteiger partial charge on any atom is 0.249 e. The smallest absolute Gasteiger partial charge is 0.249 e. The molecule has 50 valence electrons. The molecule has 0 saturated carbocycles. The molecule has 0 bridgehead atoms. The maximum atomic E-state index is 12.5. The van der Waals surface area contributed by atoms with Crippen molar-refractivity contribution in [1.29, 1.82) is 5.26 Å². The second-order valence-corrected chi connectivity index (χ2v) is 1.61. The highest BCUT2D eigenvalue weighted by atomic mass is 19.1. The fourth-order valence-corrected chi connectivity index (χ4v) is 0.519. The summed E-state index contributed by atoms with van der Waals surface area (Å²) in [5.41, 5.74) is -0.201. The molecule has 0 aliphatic heterocycles. The monoisotopic (exact) mass is 138 g/mol. The molecule has 0 saturated heterocycles. The van der Waals surface area contributed by atoms with Gasteiger partial charge in [0.05, 0.1) is 5.56 Å². The van der Waals surface area contributed by atoms with Crippen LogP contribution in [0.25, 0.3) is 0 Å². The number of halogens is 1. The van der Waals surface area contributed by atoms with E-state index in [1.165, 1.54) is 6.07 Å². The lowest BCUT2D eigenvalue weighted by molar-refractivity contribution is 0.410. The molecule has 1 aromatic rings. The molecule has 0 spiro atoms. The predicted molar refractivity (Wildman–Crippen MR) is 30.6 cm³/mol. The number of hydrogen-bond acceptors (Lipinski definition) is 3. The minimum atomic E-state index is -0.968. The first-order valence-electron chi connectivity index (χ1n) is 2.49. The first-order chi connectivity index (χ1) is 4.75. The van der Waals surface area contributed by atoms with Crippen molar-refractivity contribution in [2.75, 3.05) is 0 Å². The molecule has 0 unspecified atom stereocenters. The Kier molecular flexibility index (Phi) is 1.50. The fraction of sp³-hybridized carbons (Fsp3) is 0. The minimum absolute atomic E-state index is 0.201. The highest BCUT2D eigenvalue weighted by molar-refractivity contribution is 5.32. The van der Waals surface area contributed by atoms with Gasteiger partial charge in [-0.25, -0.2) is 4.98 Å². The third-order valence-electron chi connectivity index (χ3n) is 0.991. The van der Waals surface area contributed by atoms with Crippen LogP contribution in [0.1, 0.15) is 5.56 Å². The molecular weight excluding hydrogens is 135 g/mol. The third-order valence-corrected chi connectivity index (χ3v) is 0.991. The third kappa shape index (κ3) is 0.890. The molecular formula is C6H3FN2O. The Morgan fingerprint density at radius 1 is 1.70 bits per heavy atom. The zero-order chi connectivity index (χ0) is 7.56. The van der Waals surface area contributed by atoms with Gasteiger partial charge in [-0.05, 0) is 6.07 Å². The minimum Gasteiger partial charge on any atom is -0.491 e. The van der Waals surface area contributed by atoms with Crippen molar-refractivity contribution in [3.8, 4) is 11.9 Å². The first-order valence-corrected chi connectivity index (χ1v) is 2.49. The van der Waals surface area contributed by atoms with Gasteiger partial charge in [0, 0.05) is 6.20 Å². The number of rotatable bonds is 0. The van der Waals surface area contributed by atoms with Crippen LogP contribution in [0.5, 0.6) is 5.88 Å². The van der Waals surface area contributed by atoms with E-state index in [0.29, 0.717) is 0 Å². The highest BCUT2D eigenvalue weighted by Crippen LogP contribution is 2.13. The number of nitrogens with zero attached hydrogens (tertiary/aromatic N) is 2. The SMILES string of the molecule is N#Cc1ccnc(O)c1F. The molecule has 3 nitrogen and oxygen atoms in total. The van der Waals surface area contributed by atoms with E-state index in [9.17, 15) is 4.39 Å². The lowest BCUT2D eigenvalue weighted by atomic mass is 10.3. The quantitative estimate of drug-likeness (QED) is 0.576. The van der Waals surface area contributed by atoms with Gasteiger partial charge in [-0.15, -0.1) is 0 Å². The number of aromatic nitrogens is 1. The topological polar surface area (TPSA) is 56.9 Å². The largest absolute Gasteiger partial charge is 0.491 e. The van der Waals surface area contributed by atoms with Crippen molar-refractivity contribution in [1.82, 2.24) is 4.98 Å². The summed E-state index contributed by atoms with van der Waals surface area (Å²) in [6, 6.07) is 2.75. The molecule has 0 radical (unpaired) electrons. The molecule has 1 rings (SSSR count). The van der Waals surface area contributed by atoms with Crippen molar-refractivity contribution in [3.05, 3.63) is 23.6 Å². The van der Waals surface area contributed by atoms with Gasteiger partial charge in [0.25, 0.3) is 0 Å². The Labute approximate surface area is 56.4 Å². The van der Waals surface area contributed by atoms with Crippen LogP contribution in [0.4, 0.5) is 4.39 Å². The van der Waals surface area contributed by atoms with Crippen molar-refractivity contribution in [2.45, 2.75) is 0 Å². The van der Waals surface area contributed by atoms with Gasteiger partial charge >= 0.3 is 0 Å². The van der Waals surface area contributed by atoms with E-state index >= 15 is 0 Å². The molecule has 1 heterocycles. The van der Waals surface area contributed by atoms with Gasteiger partial charge in [0.1, 0.15) is 6.07 Å². The Hall–Kier alpha value is -1.63. The summed E-state index contributed by atoms with van der Waals surface area (Å²) in [4.78, 5) is 3.22. The van der Waals surface area contributed by atoms with E-state index in [1.54, 1.807) is 6.07 Å². The Morgan fingerprint density at radius 2 is 2.40 bits per heavy atom. The van der Waals surface area contributed by atoms with E-state index < -0.39 is 11.7 Å². The molecule has 1 aromatic heterocycles. The van der Waals surface area contributed by atoms with Crippen molar-refractivity contribution in [2.24, 2.45) is 0 Å². The van der Waals surface area contributed by atoms with Crippen molar-refractivity contribution < 1.29 is 9.50 Å². The van der Waals surface area contributed by atoms with E-state index in [2.05, 4.69) is 4.98 Å². The summed E-state index contributed by atoms with van der Waals surface area (Å²) in [7, 11) is 0. The molecule has 0 aliphatic carbocycles. The molecule has 10 heavy (non-hydrogen) atoms. The van der Waals surface area contributed by atoms with Gasteiger partial charge in [-0.2, -0.15) is 9.65 Å². The van der Waals surface area contributed by atoms with Crippen LogP contribution < -0.4 is 0 Å². The zero-order valence-electron chi connectivity index (χ0n) is 4.87. The van der Waals surface area contributed by atoms with Gasteiger partial charge in [0.15, 0.2) is 0 Å². The Balaban J connectivity index is 3.31. The summed E-state index contributed by atoms with van der Waals surface area (Å²) in [5.74, 6) is -1.70. The zero-order valence-corrected chi connectivity index (χ0v) is 4.87. The van der Waals surface area contributed by atoms with Crippen LogP contribution >= 0.6 is 0 Å². The molecule has 0 aromatic carbocycles. The second-order valence-electron chi connectivity index (χ2n) is 1.61. The summed E-state index contributed by atoms with van der Waals surface area (Å²) in [6.45, 7) is 0. The maximum absolute atomic E-state index is 12.5. The average molecular weight is 138 g/mol. The lowest BCUT2D eigenvalue weighted by Crippen LogP contribution is -1.85. The van der Waals surface area contributed by atoms with Crippen LogP contribution in [0.3, 0.4) is 0 Å². The van der Waals surface area contributed by atoms with E-state index in [-0.39, 0.29) is 5.56 Å². The highest BCUT2D eigenvalue weighted by Gasteiger charge is 2.05. The van der Waals surface area contributed by atoms with Gasteiger partial charge in [0.2, 0.25) is 11.7 Å². The number of nitriles is 1. The second kappa shape index (κ2) is 2.31. The Morgan fingerprint density at radius 3 is 2.90 bits per heavy atom. The number of pyridine rings is 1. The number of aromatic hydroxyl groups is 1. The van der Waals surface area contributed by atoms with Crippen LogP contribution in [0.2, 0.25) is 0 Å². The van der Waals surface area contributed by atoms with Crippen LogP contribution in [0.15, 0.2) is 12.3 Å². The van der Waals surface area contributed by atoms with E-state index in [4.69, 9.17) is 10.4 Å². The van der Waals surface area contributed by atoms with Crippen molar-refractivity contribution in [3.63, 3.8) is 0 Å². The standard InChI is InChI=1S/C6H3FN2O/c7-5-4(3-8)1-2-9-6(5)10/h1-2H,(H,9,10). The van der Waals surface area contributed by atoms with Crippen LogP contribution in [0, 0.1) is 17.1 Å². The van der Waals surface area contributed by atoms with E-state index in [1.807, 2.05) is 0 Å². The van der Waals surface area contributed by atoms with Crippen molar-refractivity contribution >= 4 is 0 Å². The lowest BCUT2D eigenvalue weighted by Gasteiger charge is -1.92. The summed E-state index contributed by atoms with van der Waals surface area (Å²) in [6.07, 6.45) is 1.16. The molecule has 0 aliphatic rings. The molecule has 0 atom stereocenters. The van der Waals surface area contributed by atoms with Crippen LogP contribution in [-0.4, -0.2) is 10.1 Å². The van der Waals surface area contributed by atoms with Gasteiger partial charge in [-0.3, -0.25) is 0 Å². The van der Waals surface area contributed by atoms with Gasteiger partial charge in [-0.1, -0.05) is 0 Å². The summed E-state index contributed by atoms with van der Waals surface area (Å²) >= 11 is 0. The van der Waals surface area contributed by atoms with Crippen LogP contribution in [-0.2, 0) is 0 Å². The number of hydrogen-bond donors (Lipinski definition) is 1. The molecule has 4 heteroatoms. The molecule has 0 amide bonds. The van der Waals surface area contributed by atoms with E-state index in [0.717, 1.165) is 6.20 Å². The van der Waals surface area contributed by atoms with Gasteiger partial charge < -0.3 is 5.11 Å². The molecule has 1 N–H and O–H groups in total. The predicted octanol–water partition coefficient (Wildman–Crippen LogP) is 0.798. The molecule has 0 fully saturated rings. The average Bonchev–Trinajstić information content (AvgIpc) is 1.95. The first kappa shape index (κ1) is 6.49. The summed E-state index contributed by atoms with van der Waals surface area (Å²) < 4.78 is 12.5. The Bertz CT molecular complexity index is 292. The normalized spacial score (nSPS) is 8.80. The summed E-state index contributed by atoms with van der Waals surface area (Å²) in [5, 5.41) is 16.8. The fourth-order valence-electron chi connectivity index (χ4n) is 0.519.